The van der Waals surface area contributed by atoms with Crippen LogP contribution in [-0.4, -0.2) is 21.4 Å². The lowest BCUT2D eigenvalue weighted by Gasteiger charge is -2.21. The van der Waals surface area contributed by atoms with Gasteiger partial charge in [-0.3, -0.25) is 9.59 Å². The molecule has 5 aromatic rings. The third-order valence-electron chi connectivity index (χ3n) is 8.03. The minimum absolute atomic E-state index is 0.0806. The number of ketones is 1. The first-order valence-corrected chi connectivity index (χ1v) is 16.0. The number of para-hydroxylation sites is 1. The molecule has 1 heterocycles. The molecule has 5 rings (SSSR count). The van der Waals surface area contributed by atoms with Crippen molar-refractivity contribution in [2.24, 2.45) is 11.8 Å². The van der Waals surface area contributed by atoms with E-state index in [0.717, 1.165) is 34.9 Å². The summed E-state index contributed by atoms with van der Waals surface area (Å²) in [5.41, 5.74) is 6.76. The van der Waals surface area contributed by atoms with Crippen molar-refractivity contribution in [3.8, 4) is 5.75 Å². The molecule has 0 atom stereocenters. The topological polar surface area (TPSA) is 68.5 Å². The first-order chi connectivity index (χ1) is 21.7. The fraction of sp³-hybridized carbons (Fsp3) is 0.300. The van der Waals surface area contributed by atoms with Gasteiger partial charge in [0.1, 0.15) is 11.9 Å². The number of aromatic nitrogens is 1. The molecule has 0 amide bonds. The standard InChI is InChI=1S/C40H43NO4/c1-27(2)23-29-14-18-31(19-15-29)40(32-20-16-30(17-21-32)24-28(3)4)45-34-10-7-9-33(25-34)39(44)36-26-41(22-8-13-38(42)43)37-12-6-5-11-35(36)37/h5-7,9-12,14-21,25-28,40H,8,13,22-24H2,1-4H3,(H,42,43). The Hall–Kier alpha value is -4.64. The van der Waals surface area contributed by atoms with Crippen molar-refractivity contribution in [1.29, 1.82) is 0 Å². The first-order valence-electron chi connectivity index (χ1n) is 16.0. The predicted molar refractivity (Wildman–Crippen MR) is 181 cm³/mol. The van der Waals surface area contributed by atoms with Gasteiger partial charge in [-0.2, -0.15) is 0 Å². The number of nitrogens with zero attached hydrogens (tertiary/aromatic N) is 1. The average molecular weight is 602 g/mol. The Labute approximate surface area is 266 Å². The molecule has 0 radical (unpaired) electrons. The molecule has 5 heteroatoms. The van der Waals surface area contributed by atoms with E-state index >= 15 is 0 Å². The Balaban J connectivity index is 1.44. The van der Waals surface area contributed by atoms with E-state index in [4.69, 9.17) is 9.84 Å². The highest BCUT2D eigenvalue weighted by molar-refractivity contribution is 6.16. The summed E-state index contributed by atoms with van der Waals surface area (Å²) in [6.07, 6.45) is 4.13. The second-order valence-corrected chi connectivity index (χ2v) is 12.8. The number of carboxylic acid groups (broad SMARTS) is 1. The SMILES string of the molecule is CC(C)Cc1ccc(C(Oc2cccc(C(=O)c3cn(CCCC(=O)O)c4ccccc34)c2)c2ccc(CC(C)C)cc2)cc1. The molecule has 4 aromatic carbocycles. The number of benzene rings is 4. The van der Waals surface area contributed by atoms with Crippen LogP contribution in [-0.2, 0) is 24.2 Å². The van der Waals surface area contributed by atoms with Crippen LogP contribution in [0, 0.1) is 11.8 Å². The Morgan fingerprint density at radius 3 is 1.93 bits per heavy atom. The van der Waals surface area contributed by atoms with Crippen molar-refractivity contribution < 1.29 is 19.4 Å². The minimum Gasteiger partial charge on any atom is -0.481 e. The second-order valence-electron chi connectivity index (χ2n) is 12.8. The first kappa shape index (κ1) is 31.8. The Morgan fingerprint density at radius 2 is 1.36 bits per heavy atom. The molecule has 0 spiro atoms. The second kappa shape index (κ2) is 14.4. The highest BCUT2D eigenvalue weighted by Crippen LogP contribution is 2.31. The number of ether oxygens (including phenoxy) is 1. The van der Waals surface area contributed by atoms with E-state index in [9.17, 15) is 9.59 Å². The molecule has 0 aliphatic heterocycles. The normalized spacial score (nSPS) is 11.5. The zero-order valence-electron chi connectivity index (χ0n) is 26.7. The van der Waals surface area contributed by atoms with Crippen LogP contribution in [0.4, 0.5) is 0 Å². The van der Waals surface area contributed by atoms with Gasteiger partial charge in [-0.15, -0.1) is 0 Å². The van der Waals surface area contributed by atoms with Crippen molar-refractivity contribution in [2.45, 2.75) is 66.0 Å². The molecule has 0 aliphatic carbocycles. The van der Waals surface area contributed by atoms with Gasteiger partial charge in [0.05, 0.1) is 0 Å². The summed E-state index contributed by atoms with van der Waals surface area (Å²) in [7, 11) is 0. The molecule has 1 N–H and O–H groups in total. The van der Waals surface area contributed by atoms with Gasteiger partial charge >= 0.3 is 5.97 Å². The number of aryl methyl sites for hydroxylation is 1. The van der Waals surface area contributed by atoms with Crippen LogP contribution in [0.15, 0.2) is 103 Å². The van der Waals surface area contributed by atoms with Crippen LogP contribution in [0.25, 0.3) is 10.9 Å². The van der Waals surface area contributed by atoms with Crippen LogP contribution in [0.5, 0.6) is 5.75 Å². The maximum atomic E-state index is 13.9. The molecular formula is C40H43NO4. The van der Waals surface area contributed by atoms with Crippen molar-refractivity contribution in [1.82, 2.24) is 4.57 Å². The van der Waals surface area contributed by atoms with Gasteiger partial charge < -0.3 is 14.4 Å². The smallest absolute Gasteiger partial charge is 0.303 e. The maximum Gasteiger partial charge on any atom is 0.303 e. The van der Waals surface area contributed by atoms with Crippen LogP contribution in [0.1, 0.15) is 84.8 Å². The molecule has 5 nitrogen and oxygen atoms in total. The van der Waals surface area contributed by atoms with E-state index in [2.05, 4.69) is 76.2 Å². The lowest BCUT2D eigenvalue weighted by atomic mass is 9.95. The largest absolute Gasteiger partial charge is 0.481 e. The minimum atomic E-state index is -0.823. The number of carbonyl (C=O) groups excluding carboxylic acids is 1. The molecule has 0 saturated carbocycles. The number of hydrogen-bond acceptors (Lipinski definition) is 3. The van der Waals surface area contributed by atoms with Crippen LogP contribution < -0.4 is 4.74 Å². The number of rotatable bonds is 14. The fourth-order valence-electron chi connectivity index (χ4n) is 5.94. The van der Waals surface area contributed by atoms with Crippen molar-refractivity contribution >= 4 is 22.7 Å². The van der Waals surface area contributed by atoms with Crippen LogP contribution in [0.2, 0.25) is 0 Å². The quantitative estimate of drug-likeness (QED) is 0.129. The number of aliphatic carboxylic acids is 1. The summed E-state index contributed by atoms with van der Waals surface area (Å²) < 4.78 is 8.69. The molecule has 1 aromatic heterocycles. The highest BCUT2D eigenvalue weighted by Gasteiger charge is 2.20. The zero-order valence-corrected chi connectivity index (χ0v) is 26.7. The van der Waals surface area contributed by atoms with E-state index in [1.807, 2.05) is 59.3 Å². The molecule has 0 unspecified atom stereocenters. The fourth-order valence-corrected chi connectivity index (χ4v) is 5.94. The number of fused-ring (bicyclic) bond motifs is 1. The average Bonchev–Trinajstić information content (AvgIpc) is 3.38. The lowest BCUT2D eigenvalue weighted by molar-refractivity contribution is -0.137. The van der Waals surface area contributed by atoms with Gasteiger partial charge in [-0.05, 0) is 71.6 Å². The molecule has 0 fully saturated rings. The van der Waals surface area contributed by atoms with Gasteiger partial charge in [0.2, 0.25) is 0 Å². The number of hydrogen-bond donors (Lipinski definition) is 1. The summed E-state index contributed by atoms with van der Waals surface area (Å²) >= 11 is 0. The Kier molecular flexibility index (Phi) is 10.2. The number of carboxylic acids is 1. The molecule has 232 valence electrons. The van der Waals surface area contributed by atoms with E-state index in [1.165, 1.54) is 11.1 Å². The van der Waals surface area contributed by atoms with Gasteiger partial charge in [-0.25, -0.2) is 0 Å². The van der Waals surface area contributed by atoms with Crippen LogP contribution in [0.3, 0.4) is 0 Å². The summed E-state index contributed by atoms with van der Waals surface area (Å²) in [5, 5.41) is 9.94. The third-order valence-corrected chi connectivity index (χ3v) is 8.03. The third kappa shape index (κ3) is 8.10. The van der Waals surface area contributed by atoms with Crippen molar-refractivity contribution in [2.75, 3.05) is 0 Å². The van der Waals surface area contributed by atoms with Crippen LogP contribution >= 0.6 is 0 Å². The Morgan fingerprint density at radius 1 is 0.756 bits per heavy atom. The van der Waals surface area contributed by atoms with Gasteiger partial charge in [0.25, 0.3) is 0 Å². The van der Waals surface area contributed by atoms with Gasteiger partial charge in [0, 0.05) is 41.2 Å². The molecule has 0 bridgehead atoms. The Bertz CT molecular complexity index is 1690. The van der Waals surface area contributed by atoms with E-state index < -0.39 is 5.97 Å². The molecule has 0 aliphatic rings. The van der Waals surface area contributed by atoms with E-state index in [-0.39, 0.29) is 18.3 Å². The molecule has 45 heavy (non-hydrogen) atoms. The van der Waals surface area contributed by atoms with Crippen molar-refractivity contribution in [3.63, 3.8) is 0 Å². The zero-order chi connectivity index (χ0) is 31.9. The highest BCUT2D eigenvalue weighted by atomic mass is 16.5. The maximum absolute atomic E-state index is 13.9. The number of carbonyl (C=O) groups is 2. The monoisotopic (exact) mass is 601 g/mol. The van der Waals surface area contributed by atoms with Gasteiger partial charge in [-0.1, -0.05) is 107 Å². The molecule has 0 saturated heterocycles. The molecular weight excluding hydrogens is 558 g/mol. The van der Waals surface area contributed by atoms with Crippen molar-refractivity contribution in [3.05, 3.63) is 137 Å². The predicted octanol–water partition coefficient (Wildman–Crippen LogP) is 9.30. The van der Waals surface area contributed by atoms with Gasteiger partial charge in [0.15, 0.2) is 5.78 Å². The summed E-state index contributed by atoms with van der Waals surface area (Å²) in [4.78, 5) is 25.0. The van der Waals surface area contributed by atoms with E-state index in [1.54, 1.807) is 0 Å². The lowest BCUT2D eigenvalue weighted by Crippen LogP contribution is -2.11. The summed E-state index contributed by atoms with van der Waals surface area (Å²) in [5.74, 6) is 0.858. The van der Waals surface area contributed by atoms with E-state index in [0.29, 0.717) is 41.7 Å². The summed E-state index contributed by atoms with van der Waals surface area (Å²) in [6.45, 7) is 9.43. The summed E-state index contributed by atoms with van der Waals surface area (Å²) in [6, 6.07) is 32.5.